The SMILES string of the molecule is CCNC(=O)c1nnc2n1CCN(C(=O)C1CC1)[C@@H]2c1ccccc1. The van der Waals surface area contributed by atoms with Crippen LogP contribution in [0.5, 0.6) is 0 Å². The van der Waals surface area contributed by atoms with Crippen molar-refractivity contribution in [1.82, 2.24) is 25.0 Å². The van der Waals surface area contributed by atoms with Gasteiger partial charge in [0.15, 0.2) is 5.82 Å². The predicted octanol–water partition coefficient (Wildman–Crippen LogP) is 1.37. The number of nitrogens with one attached hydrogen (secondary N) is 1. The molecule has 1 fully saturated rings. The van der Waals surface area contributed by atoms with Crippen LogP contribution in [0.2, 0.25) is 0 Å². The van der Waals surface area contributed by atoms with E-state index in [0.717, 1.165) is 18.4 Å². The molecular weight excluding hydrogens is 318 g/mol. The molecule has 1 aromatic carbocycles. The number of nitrogens with zero attached hydrogens (tertiary/aromatic N) is 4. The van der Waals surface area contributed by atoms with Crippen molar-refractivity contribution in [3.63, 3.8) is 0 Å². The first kappa shape index (κ1) is 15.8. The van der Waals surface area contributed by atoms with Gasteiger partial charge >= 0.3 is 0 Å². The molecule has 1 aromatic heterocycles. The quantitative estimate of drug-likeness (QED) is 0.912. The first-order valence-electron chi connectivity index (χ1n) is 8.77. The molecule has 7 nitrogen and oxygen atoms in total. The second-order valence-corrected chi connectivity index (χ2v) is 6.51. The lowest BCUT2D eigenvalue weighted by molar-refractivity contribution is -0.135. The summed E-state index contributed by atoms with van der Waals surface area (Å²) in [6.45, 7) is 3.51. The van der Waals surface area contributed by atoms with Crippen molar-refractivity contribution in [2.75, 3.05) is 13.1 Å². The zero-order valence-corrected chi connectivity index (χ0v) is 14.2. The number of amides is 2. The lowest BCUT2D eigenvalue weighted by atomic mass is 10.0. The highest BCUT2D eigenvalue weighted by Gasteiger charge is 2.41. The zero-order valence-electron chi connectivity index (χ0n) is 14.2. The molecule has 0 bridgehead atoms. The van der Waals surface area contributed by atoms with Crippen LogP contribution in [0.25, 0.3) is 0 Å². The summed E-state index contributed by atoms with van der Waals surface area (Å²) in [5.74, 6) is 1.07. The molecule has 1 aliphatic carbocycles. The van der Waals surface area contributed by atoms with Crippen LogP contribution in [-0.4, -0.2) is 44.6 Å². The molecule has 25 heavy (non-hydrogen) atoms. The molecule has 2 amide bonds. The van der Waals surface area contributed by atoms with Crippen molar-refractivity contribution in [2.45, 2.75) is 32.4 Å². The second-order valence-electron chi connectivity index (χ2n) is 6.51. The van der Waals surface area contributed by atoms with Crippen LogP contribution in [0.3, 0.4) is 0 Å². The first-order valence-corrected chi connectivity index (χ1v) is 8.77. The molecule has 0 unspecified atom stereocenters. The molecule has 4 rings (SSSR count). The molecule has 0 saturated heterocycles. The number of carbonyl (C=O) groups is 2. The van der Waals surface area contributed by atoms with E-state index in [1.165, 1.54) is 0 Å². The number of hydrogen-bond acceptors (Lipinski definition) is 4. The van der Waals surface area contributed by atoms with Gasteiger partial charge in [0.25, 0.3) is 5.91 Å². The molecule has 7 heteroatoms. The van der Waals surface area contributed by atoms with Gasteiger partial charge in [-0.1, -0.05) is 30.3 Å². The van der Waals surface area contributed by atoms with Gasteiger partial charge in [-0.25, -0.2) is 0 Å². The fourth-order valence-corrected chi connectivity index (χ4v) is 3.39. The van der Waals surface area contributed by atoms with Gasteiger partial charge in [0.05, 0.1) is 0 Å². The number of benzene rings is 1. The number of aromatic nitrogens is 3. The maximum absolute atomic E-state index is 12.8. The number of fused-ring (bicyclic) bond motifs is 1. The lowest BCUT2D eigenvalue weighted by Crippen LogP contribution is -2.44. The number of carbonyl (C=O) groups excluding carboxylic acids is 2. The molecular formula is C18H21N5O2. The highest BCUT2D eigenvalue weighted by atomic mass is 16.2. The lowest BCUT2D eigenvalue weighted by Gasteiger charge is -2.36. The first-order chi connectivity index (χ1) is 12.2. The van der Waals surface area contributed by atoms with Crippen molar-refractivity contribution >= 4 is 11.8 Å². The van der Waals surface area contributed by atoms with E-state index in [1.54, 1.807) is 0 Å². The van der Waals surface area contributed by atoms with E-state index in [2.05, 4.69) is 15.5 Å². The Labute approximate surface area is 146 Å². The second kappa shape index (κ2) is 6.31. The van der Waals surface area contributed by atoms with Crippen LogP contribution in [0.1, 0.15) is 47.8 Å². The van der Waals surface area contributed by atoms with E-state index in [0.29, 0.717) is 31.3 Å². The average molecular weight is 339 g/mol. The van der Waals surface area contributed by atoms with E-state index in [4.69, 9.17) is 0 Å². The summed E-state index contributed by atoms with van der Waals surface area (Å²) in [5, 5.41) is 11.2. The molecule has 1 saturated carbocycles. The molecule has 130 valence electrons. The van der Waals surface area contributed by atoms with E-state index >= 15 is 0 Å². The highest BCUT2D eigenvalue weighted by Crippen LogP contribution is 2.37. The van der Waals surface area contributed by atoms with Crippen LogP contribution >= 0.6 is 0 Å². The minimum Gasteiger partial charge on any atom is -0.350 e. The fraction of sp³-hybridized carbons (Fsp3) is 0.444. The maximum atomic E-state index is 12.8. The van der Waals surface area contributed by atoms with Crippen molar-refractivity contribution in [3.8, 4) is 0 Å². The number of hydrogen-bond donors (Lipinski definition) is 1. The Morgan fingerprint density at radius 1 is 1.16 bits per heavy atom. The molecule has 1 aliphatic heterocycles. The Bertz CT molecular complexity index is 797. The molecule has 2 heterocycles. The van der Waals surface area contributed by atoms with Crippen LogP contribution in [0, 0.1) is 5.92 Å². The summed E-state index contributed by atoms with van der Waals surface area (Å²) in [5.41, 5.74) is 0.993. The summed E-state index contributed by atoms with van der Waals surface area (Å²) >= 11 is 0. The topological polar surface area (TPSA) is 80.1 Å². The number of rotatable bonds is 4. The van der Waals surface area contributed by atoms with Gasteiger partial charge in [-0.3, -0.25) is 9.59 Å². The van der Waals surface area contributed by atoms with Crippen LogP contribution < -0.4 is 5.32 Å². The molecule has 2 aliphatic rings. The smallest absolute Gasteiger partial charge is 0.289 e. The maximum Gasteiger partial charge on any atom is 0.289 e. The third kappa shape index (κ3) is 2.79. The van der Waals surface area contributed by atoms with Gasteiger partial charge in [-0.15, -0.1) is 10.2 Å². The summed E-state index contributed by atoms with van der Waals surface area (Å²) < 4.78 is 1.85. The summed E-state index contributed by atoms with van der Waals surface area (Å²) in [4.78, 5) is 26.9. The van der Waals surface area contributed by atoms with E-state index in [1.807, 2.05) is 46.7 Å². The van der Waals surface area contributed by atoms with Gasteiger partial charge in [0.2, 0.25) is 11.7 Å². The third-order valence-electron chi connectivity index (χ3n) is 4.77. The van der Waals surface area contributed by atoms with Gasteiger partial charge in [-0.2, -0.15) is 0 Å². The summed E-state index contributed by atoms with van der Waals surface area (Å²) in [6, 6.07) is 9.55. The van der Waals surface area contributed by atoms with Gasteiger partial charge < -0.3 is 14.8 Å². The Kier molecular flexibility index (Phi) is 3.99. The molecule has 1 N–H and O–H groups in total. The Morgan fingerprint density at radius 2 is 1.92 bits per heavy atom. The largest absolute Gasteiger partial charge is 0.350 e. The van der Waals surface area contributed by atoms with E-state index in [9.17, 15) is 9.59 Å². The van der Waals surface area contributed by atoms with Crippen molar-refractivity contribution in [3.05, 3.63) is 47.5 Å². The van der Waals surface area contributed by atoms with E-state index in [-0.39, 0.29) is 23.8 Å². The van der Waals surface area contributed by atoms with Gasteiger partial charge in [0, 0.05) is 25.6 Å². The van der Waals surface area contributed by atoms with Crippen LogP contribution in [0.15, 0.2) is 30.3 Å². The molecule has 0 radical (unpaired) electrons. The van der Waals surface area contributed by atoms with Crippen molar-refractivity contribution in [2.24, 2.45) is 5.92 Å². The Hall–Kier alpha value is -2.70. The van der Waals surface area contributed by atoms with Crippen molar-refractivity contribution in [1.29, 1.82) is 0 Å². The minimum absolute atomic E-state index is 0.142. The molecule has 1 atom stereocenters. The van der Waals surface area contributed by atoms with Crippen molar-refractivity contribution < 1.29 is 9.59 Å². The third-order valence-corrected chi connectivity index (χ3v) is 4.77. The fourth-order valence-electron chi connectivity index (χ4n) is 3.39. The van der Waals surface area contributed by atoms with Gasteiger partial charge in [-0.05, 0) is 25.3 Å². The molecule has 0 spiro atoms. The summed E-state index contributed by atoms with van der Waals surface area (Å²) in [6.07, 6.45) is 1.93. The van der Waals surface area contributed by atoms with Crippen LogP contribution in [-0.2, 0) is 11.3 Å². The standard InChI is InChI=1S/C18H21N5O2/c1-2-19-17(24)16-21-20-15-14(12-6-4-3-5-7-12)22(10-11-23(15)16)18(25)13-8-9-13/h3-7,13-14H,2,8-11H2,1H3,(H,19,24)/t14-/m1/s1. The van der Waals surface area contributed by atoms with Gasteiger partial charge in [0.1, 0.15) is 6.04 Å². The molecule has 2 aromatic rings. The predicted molar refractivity (Wildman–Crippen MR) is 90.8 cm³/mol. The highest BCUT2D eigenvalue weighted by molar-refractivity contribution is 5.90. The van der Waals surface area contributed by atoms with E-state index < -0.39 is 0 Å². The normalized spacial score (nSPS) is 19.4. The minimum atomic E-state index is -0.293. The average Bonchev–Trinajstić information content (AvgIpc) is 3.40. The summed E-state index contributed by atoms with van der Waals surface area (Å²) in [7, 11) is 0. The zero-order chi connectivity index (χ0) is 17.4. The Morgan fingerprint density at radius 3 is 2.60 bits per heavy atom. The Balaban J connectivity index is 1.76. The van der Waals surface area contributed by atoms with Crippen LogP contribution in [0.4, 0.5) is 0 Å². The monoisotopic (exact) mass is 339 g/mol.